The topological polar surface area (TPSA) is 120 Å². The number of nitrogens with one attached hydrogen (secondary N) is 3. The number of hydrogen-bond donors (Lipinski definition) is 4. The Morgan fingerprint density at radius 1 is 0.923 bits per heavy atom. The second-order valence-corrected chi connectivity index (χ2v) is 9.27. The minimum Gasteiger partial charge on any atom is -0.384 e. The molecule has 2 atom stereocenters. The molecule has 0 saturated heterocycles. The van der Waals surface area contributed by atoms with Gasteiger partial charge < -0.3 is 20.7 Å². The number of aliphatic hydroxyl groups excluding tert-OH is 1. The summed E-state index contributed by atoms with van der Waals surface area (Å²) in [5.74, 6) is -0.813. The van der Waals surface area contributed by atoms with Crippen LogP contribution in [-0.4, -0.2) is 38.0 Å². The molecule has 8 nitrogen and oxygen atoms in total. The number of hydrogen-bond acceptors (Lipinski definition) is 5. The van der Waals surface area contributed by atoms with Gasteiger partial charge in [0.15, 0.2) is 5.82 Å². The summed E-state index contributed by atoms with van der Waals surface area (Å²) in [6.45, 7) is 3.15. The highest BCUT2D eigenvalue weighted by Crippen LogP contribution is 2.27. The Balaban J connectivity index is 1.47. The van der Waals surface area contributed by atoms with Crippen LogP contribution in [0.25, 0.3) is 33.5 Å². The van der Waals surface area contributed by atoms with E-state index < -0.39 is 24.0 Å². The maximum absolute atomic E-state index is 13.3. The molecular formula is C30H26FN5O3. The fraction of sp³-hybridized carbons (Fsp3) is 0.133. The van der Waals surface area contributed by atoms with Crippen LogP contribution in [0.2, 0.25) is 0 Å². The van der Waals surface area contributed by atoms with Crippen LogP contribution >= 0.6 is 0 Å². The zero-order valence-corrected chi connectivity index (χ0v) is 21.3. The van der Waals surface area contributed by atoms with Crippen molar-refractivity contribution in [2.75, 3.05) is 5.32 Å². The Morgan fingerprint density at radius 3 is 2.41 bits per heavy atom. The number of rotatable bonds is 7. The van der Waals surface area contributed by atoms with Gasteiger partial charge in [-0.2, -0.15) is 0 Å². The summed E-state index contributed by atoms with van der Waals surface area (Å²) in [7, 11) is 0. The summed E-state index contributed by atoms with van der Waals surface area (Å²) < 4.78 is 13.3. The number of aromatic nitrogens is 3. The number of halogens is 1. The molecule has 9 heteroatoms. The van der Waals surface area contributed by atoms with Crippen molar-refractivity contribution in [3.05, 3.63) is 102 Å². The standard InChI is InChI=1S/C30H26FN5O3/c1-17(19-7-9-24(31)10-8-19)34-30(39)23-11-22(12-25(13-23)35-29(38)18(2)37)27-16-33-28(36-27)26-14-20-5-3-4-6-21(20)15-32-26/h3-18,37H,1-2H3,(H,33,36)(H,34,39)(H,35,38)/t17-,18?/m1/s1. The monoisotopic (exact) mass is 523 g/mol. The van der Waals surface area contributed by atoms with Gasteiger partial charge in [0, 0.05) is 28.4 Å². The molecule has 0 saturated carbocycles. The van der Waals surface area contributed by atoms with Gasteiger partial charge in [0.2, 0.25) is 0 Å². The number of aromatic amines is 1. The predicted octanol–water partition coefficient (Wildman–Crippen LogP) is 5.24. The van der Waals surface area contributed by atoms with Crippen LogP contribution in [0.4, 0.5) is 10.1 Å². The average molecular weight is 524 g/mol. The third-order valence-electron chi connectivity index (χ3n) is 6.32. The molecule has 3 aromatic carbocycles. The van der Waals surface area contributed by atoms with E-state index in [0.717, 1.165) is 16.3 Å². The average Bonchev–Trinajstić information content (AvgIpc) is 3.43. The quantitative estimate of drug-likeness (QED) is 0.233. The van der Waals surface area contributed by atoms with Crippen molar-refractivity contribution >= 4 is 28.3 Å². The van der Waals surface area contributed by atoms with Gasteiger partial charge in [-0.15, -0.1) is 0 Å². The largest absolute Gasteiger partial charge is 0.384 e. The minimum atomic E-state index is -1.23. The number of carbonyl (C=O) groups excluding carboxylic acids is 2. The molecule has 0 aliphatic rings. The lowest BCUT2D eigenvalue weighted by Gasteiger charge is -2.16. The number of nitrogens with zero attached hydrogens (tertiary/aromatic N) is 2. The molecule has 5 rings (SSSR count). The lowest BCUT2D eigenvalue weighted by atomic mass is 10.0. The first-order chi connectivity index (χ1) is 18.8. The number of imidazole rings is 1. The summed E-state index contributed by atoms with van der Waals surface area (Å²) in [5.41, 5.74) is 3.21. The molecule has 0 radical (unpaired) electrons. The molecule has 0 bridgehead atoms. The second kappa shape index (κ2) is 10.8. The van der Waals surface area contributed by atoms with E-state index in [4.69, 9.17) is 0 Å². The maximum atomic E-state index is 13.3. The highest BCUT2D eigenvalue weighted by molar-refractivity contribution is 6.00. The first-order valence-corrected chi connectivity index (χ1v) is 12.4. The Morgan fingerprint density at radius 2 is 1.67 bits per heavy atom. The third-order valence-corrected chi connectivity index (χ3v) is 6.32. The summed E-state index contributed by atoms with van der Waals surface area (Å²) >= 11 is 0. The van der Waals surface area contributed by atoms with Crippen LogP contribution in [0.5, 0.6) is 0 Å². The lowest BCUT2D eigenvalue weighted by molar-refractivity contribution is -0.123. The molecule has 4 N–H and O–H groups in total. The molecule has 2 aromatic heterocycles. The number of H-pyrrole nitrogens is 1. The van der Waals surface area contributed by atoms with E-state index in [2.05, 4.69) is 25.6 Å². The second-order valence-electron chi connectivity index (χ2n) is 9.27. The van der Waals surface area contributed by atoms with E-state index in [-0.39, 0.29) is 11.4 Å². The highest BCUT2D eigenvalue weighted by atomic mass is 19.1. The fourth-order valence-corrected chi connectivity index (χ4v) is 4.16. The van der Waals surface area contributed by atoms with Crippen LogP contribution in [0.1, 0.15) is 35.8 Å². The van der Waals surface area contributed by atoms with Crippen molar-refractivity contribution in [2.45, 2.75) is 26.0 Å². The van der Waals surface area contributed by atoms with Gasteiger partial charge in [0.25, 0.3) is 11.8 Å². The zero-order valence-electron chi connectivity index (χ0n) is 21.3. The number of pyridine rings is 1. The van der Waals surface area contributed by atoms with Gasteiger partial charge in [-0.25, -0.2) is 9.37 Å². The number of aliphatic hydroxyl groups is 1. The van der Waals surface area contributed by atoms with Crippen molar-refractivity contribution in [3.63, 3.8) is 0 Å². The summed E-state index contributed by atoms with van der Waals surface area (Å²) in [6.07, 6.45) is 2.18. The van der Waals surface area contributed by atoms with Gasteiger partial charge in [0.05, 0.1) is 17.9 Å². The Hall–Kier alpha value is -4.89. The number of amides is 2. The van der Waals surface area contributed by atoms with Gasteiger partial charge >= 0.3 is 0 Å². The Kier molecular flexibility index (Phi) is 7.16. The Bertz CT molecular complexity index is 1660. The number of anilines is 1. The van der Waals surface area contributed by atoms with Crippen molar-refractivity contribution < 1.29 is 19.1 Å². The molecule has 196 valence electrons. The maximum Gasteiger partial charge on any atom is 0.252 e. The molecular weight excluding hydrogens is 497 g/mol. The van der Waals surface area contributed by atoms with Gasteiger partial charge in [-0.1, -0.05) is 36.4 Å². The van der Waals surface area contributed by atoms with Gasteiger partial charge in [-0.05, 0) is 61.2 Å². The number of fused-ring (bicyclic) bond motifs is 1. The SMILES string of the molecule is CC(O)C(=O)Nc1cc(C(=O)N[C@H](C)c2ccc(F)cc2)cc(-c2cnc(-c3cc4ccccc4cn3)[nH]2)c1. The van der Waals surface area contributed by atoms with Crippen LogP contribution in [0.3, 0.4) is 0 Å². The van der Waals surface area contributed by atoms with Crippen molar-refractivity contribution in [2.24, 2.45) is 0 Å². The van der Waals surface area contributed by atoms with Gasteiger partial charge in [-0.3, -0.25) is 14.6 Å². The first-order valence-electron chi connectivity index (χ1n) is 12.4. The summed E-state index contributed by atoms with van der Waals surface area (Å²) in [6, 6.07) is 20.2. The van der Waals surface area contributed by atoms with Crippen LogP contribution in [0, 0.1) is 5.82 Å². The smallest absolute Gasteiger partial charge is 0.252 e. The van der Waals surface area contributed by atoms with E-state index in [1.165, 1.54) is 25.1 Å². The van der Waals surface area contributed by atoms with E-state index in [9.17, 15) is 19.1 Å². The zero-order chi connectivity index (χ0) is 27.5. The molecule has 0 aliphatic carbocycles. The van der Waals surface area contributed by atoms with E-state index >= 15 is 0 Å². The van der Waals surface area contributed by atoms with Crippen molar-refractivity contribution in [1.29, 1.82) is 0 Å². The molecule has 2 heterocycles. The normalized spacial score (nSPS) is 12.6. The predicted molar refractivity (Wildman–Crippen MR) is 147 cm³/mol. The van der Waals surface area contributed by atoms with Gasteiger partial charge in [0.1, 0.15) is 17.6 Å². The molecule has 39 heavy (non-hydrogen) atoms. The van der Waals surface area contributed by atoms with Crippen molar-refractivity contribution in [3.8, 4) is 22.8 Å². The van der Waals surface area contributed by atoms with Crippen LogP contribution < -0.4 is 10.6 Å². The molecule has 0 spiro atoms. The van der Waals surface area contributed by atoms with E-state index in [1.54, 1.807) is 43.6 Å². The van der Waals surface area contributed by atoms with Crippen LogP contribution in [-0.2, 0) is 4.79 Å². The third kappa shape index (κ3) is 5.83. The molecule has 1 unspecified atom stereocenters. The van der Waals surface area contributed by atoms with Crippen LogP contribution in [0.15, 0.2) is 85.2 Å². The number of benzene rings is 3. The molecule has 2 amide bonds. The Labute approximate surface area is 224 Å². The summed E-state index contributed by atoms with van der Waals surface area (Å²) in [4.78, 5) is 37.7. The summed E-state index contributed by atoms with van der Waals surface area (Å²) in [5, 5.41) is 17.3. The van der Waals surface area contributed by atoms with E-state index in [1.807, 2.05) is 30.3 Å². The van der Waals surface area contributed by atoms with E-state index in [0.29, 0.717) is 28.5 Å². The molecule has 0 fully saturated rings. The first kappa shape index (κ1) is 25.7. The minimum absolute atomic E-state index is 0.280. The van der Waals surface area contributed by atoms with Crippen molar-refractivity contribution in [1.82, 2.24) is 20.3 Å². The molecule has 0 aliphatic heterocycles. The number of carbonyl (C=O) groups is 2. The lowest BCUT2D eigenvalue weighted by Crippen LogP contribution is -2.27. The highest BCUT2D eigenvalue weighted by Gasteiger charge is 2.17. The molecule has 5 aromatic rings. The fourth-order valence-electron chi connectivity index (χ4n) is 4.16.